The van der Waals surface area contributed by atoms with Crippen molar-refractivity contribution >= 4 is 31.9 Å². The van der Waals surface area contributed by atoms with E-state index in [1.165, 1.54) is 5.56 Å². The summed E-state index contributed by atoms with van der Waals surface area (Å²) in [5.74, 6) is 0.851. The lowest BCUT2D eigenvalue weighted by Crippen LogP contribution is -2.17. The van der Waals surface area contributed by atoms with Crippen LogP contribution in [0.1, 0.15) is 12.5 Å². The number of hydrogen-bond donors (Lipinski definition) is 0. The van der Waals surface area contributed by atoms with E-state index in [1.54, 1.807) is 0 Å². The summed E-state index contributed by atoms with van der Waals surface area (Å²) in [6.45, 7) is 5.48. The van der Waals surface area contributed by atoms with Crippen LogP contribution in [0.25, 0.3) is 0 Å². The lowest BCUT2D eigenvalue weighted by atomic mass is 10.2. The van der Waals surface area contributed by atoms with Crippen LogP contribution in [-0.4, -0.2) is 18.8 Å². The van der Waals surface area contributed by atoms with E-state index in [2.05, 4.69) is 31.9 Å². The molecule has 1 aromatic rings. The summed E-state index contributed by atoms with van der Waals surface area (Å²) in [4.78, 5) is 0. The van der Waals surface area contributed by atoms with Crippen LogP contribution >= 0.6 is 31.9 Å². The molecule has 0 bridgehead atoms. The van der Waals surface area contributed by atoms with Crippen molar-refractivity contribution in [1.29, 1.82) is 0 Å². The first-order valence-electron chi connectivity index (χ1n) is 4.73. The molecule has 1 aliphatic heterocycles. The first-order valence-corrected chi connectivity index (χ1v) is 6.32. The molecule has 0 amide bonds. The van der Waals surface area contributed by atoms with Crippen molar-refractivity contribution in [3.63, 3.8) is 0 Å². The number of epoxide rings is 1. The molecular formula is C11H12Br2O2. The third-order valence-electron chi connectivity index (χ3n) is 2.41. The number of hydrogen-bond acceptors (Lipinski definition) is 2. The number of halogens is 2. The van der Waals surface area contributed by atoms with Crippen LogP contribution in [0.4, 0.5) is 0 Å². The molecule has 0 aliphatic carbocycles. The Bertz CT molecular complexity index is 386. The molecule has 1 unspecified atom stereocenters. The van der Waals surface area contributed by atoms with Crippen molar-refractivity contribution in [2.75, 3.05) is 13.2 Å². The molecule has 0 spiro atoms. The second-order valence-electron chi connectivity index (χ2n) is 4.04. The van der Waals surface area contributed by atoms with E-state index in [1.807, 2.05) is 26.0 Å². The fraction of sp³-hybridized carbons (Fsp3) is 0.455. The summed E-state index contributed by atoms with van der Waals surface area (Å²) in [6, 6.07) is 4.00. The molecule has 0 N–H and O–H groups in total. The Morgan fingerprint density at radius 1 is 1.40 bits per heavy atom. The molecule has 1 saturated heterocycles. The molecule has 4 heteroatoms. The minimum Gasteiger partial charge on any atom is -0.489 e. The Hall–Kier alpha value is -0.0600. The van der Waals surface area contributed by atoms with Gasteiger partial charge < -0.3 is 9.47 Å². The van der Waals surface area contributed by atoms with E-state index in [-0.39, 0.29) is 5.60 Å². The summed E-state index contributed by atoms with van der Waals surface area (Å²) >= 11 is 7.01. The highest BCUT2D eigenvalue weighted by molar-refractivity contribution is 9.13. The largest absolute Gasteiger partial charge is 0.489 e. The lowest BCUT2D eigenvalue weighted by molar-refractivity contribution is 0.201. The second kappa shape index (κ2) is 4.07. The van der Waals surface area contributed by atoms with Crippen molar-refractivity contribution in [2.45, 2.75) is 19.4 Å². The van der Waals surface area contributed by atoms with Crippen molar-refractivity contribution in [1.82, 2.24) is 0 Å². The Morgan fingerprint density at radius 3 is 2.67 bits per heavy atom. The van der Waals surface area contributed by atoms with Gasteiger partial charge in [0.05, 0.1) is 11.1 Å². The highest BCUT2D eigenvalue weighted by Crippen LogP contribution is 2.36. The molecule has 1 heterocycles. The summed E-state index contributed by atoms with van der Waals surface area (Å²) in [5.41, 5.74) is 1.11. The van der Waals surface area contributed by atoms with E-state index in [0.29, 0.717) is 6.61 Å². The zero-order valence-electron chi connectivity index (χ0n) is 8.64. The topological polar surface area (TPSA) is 21.8 Å². The SMILES string of the molecule is Cc1ccc(OCC2(C)CO2)c(Br)c1Br. The van der Waals surface area contributed by atoms with Crippen LogP contribution in [0.2, 0.25) is 0 Å². The van der Waals surface area contributed by atoms with Crippen molar-refractivity contribution in [3.8, 4) is 5.75 Å². The molecule has 2 nitrogen and oxygen atoms in total. The monoisotopic (exact) mass is 334 g/mol. The fourth-order valence-electron chi connectivity index (χ4n) is 1.18. The summed E-state index contributed by atoms with van der Waals surface area (Å²) in [7, 11) is 0. The van der Waals surface area contributed by atoms with Gasteiger partial charge in [0.2, 0.25) is 0 Å². The smallest absolute Gasteiger partial charge is 0.134 e. The van der Waals surface area contributed by atoms with Gasteiger partial charge in [-0.15, -0.1) is 0 Å². The zero-order valence-corrected chi connectivity index (χ0v) is 11.8. The molecule has 82 valence electrons. The highest BCUT2D eigenvalue weighted by atomic mass is 79.9. The highest BCUT2D eigenvalue weighted by Gasteiger charge is 2.40. The van der Waals surface area contributed by atoms with E-state index < -0.39 is 0 Å². The number of ether oxygens (including phenoxy) is 2. The van der Waals surface area contributed by atoms with Gasteiger partial charge in [-0.1, -0.05) is 6.07 Å². The molecule has 1 aromatic carbocycles. The number of rotatable bonds is 3. The zero-order chi connectivity index (χ0) is 11.1. The van der Waals surface area contributed by atoms with Gasteiger partial charge in [-0.25, -0.2) is 0 Å². The summed E-state index contributed by atoms with van der Waals surface area (Å²) in [6.07, 6.45) is 0. The van der Waals surface area contributed by atoms with Gasteiger partial charge in [0.15, 0.2) is 0 Å². The molecule has 15 heavy (non-hydrogen) atoms. The maximum atomic E-state index is 5.70. The molecule has 1 fully saturated rings. The van der Waals surface area contributed by atoms with Gasteiger partial charge in [0, 0.05) is 4.47 Å². The standard InChI is InChI=1S/C11H12Br2O2/c1-7-3-4-8(10(13)9(7)12)14-5-11(2)6-15-11/h3-4H,5-6H2,1-2H3. The van der Waals surface area contributed by atoms with Gasteiger partial charge in [-0.2, -0.15) is 0 Å². The Kier molecular flexibility index (Phi) is 3.10. The van der Waals surface area contributed by atoms with Gasteiger partial charge in [-0.05, 0) is 57.3 Å². The van der Waals surface area contributed by atoms with Gasteiger partial charge in [0.25, 0.3) is 0 Å². The maximum absolute atomic E-state index is 5.70. The van der Waals surface area contributed by atoms with Gasteiger partial charge in [0.1, 0.15) is 18.0 Å². The van der Waals surface area contributed by atoms with E-state index in [4.69, 9.17) is 9.47 Å². The lowest BCUT2D eigenvalue weighted by Gasteiger charge is -2.12. The molecular weight excluding hydrogens is 324 g/mol. The van der Waals surface area contributed by atoms with Gasteiger partial charge in [-0.3, -0.25) is 0 Å². The fourth-order valence-corrected chi connectivity index (χ4v) is 2.06. The molecule has 1 aliphatic rings. The van der Waals surface area contributed by atoms with Crippen molar-refractivity contribution in [2.24, 2.45) is 0 Å². The molecule has 2 rings (SSSR count). The van der Waals surface area contributed by atoms with Crippen molar-refractivity contribution < 1.29 is 9.47 Å². The predicted octanol–water partition coefficient (Wildman–Crippen LogP) is 3.69. The average Bonchev–Trinajstić information content (AvgIpc) is 2.93. The van der Waals surface area contributed by atoms with E-state index in [9.17, 15) is 0 Å². The first kappa shape index (κ1) is 11.4. The van der Waals surface area contributed by atoms with Crippen LogP contribution in [0, 0.1) is 6.92 Å². The van der Waals surface area contributed by atoms with E-state index >= 15 is 0 Å². The van der Waals surface area contributed by atoms with Crippen LogP contribution in [0.15, 0.2) is 21.1 Å². The minimum absolute atomic E-state index is 0.0726. The molecule has 1 atom stereocenters. The Morgan fingerprint density at radius 2 is 2.07 bits per heavy atom. The number of benzene rings is 1. The predicted molar refractivity (Wildman–Crippen MR) is 66.4 cm³/mol. The Balaban J connectivity index is 2.11. The van der Waals surface area contributed by atoms with Crippen LogP contribution in [-0.2, 0) is 4.74 Å². The molecule has 0 aromatic heterocycles. The number of aryl methyl sites for hydroxylation is 1. The normalized spacial score (nSPS) is 24.0. The van der Waals surface area contributed by atoms with Crippen LogP contribution in [0.5, 0.6) is 5.75 Å². The average molecular weight is 336 g/mol. The second-order valence-corrected chi connectivity index (χ2v) is 5.62. The quantitative estimate of drug-likeness (QED) is 0.786. The summed E-state index contributed by atoms with van der Waals surface area (Å²) in [5, 5.41) is 0. The third-order valence-corrected chi connectivity index (χ3v) is 4.75. The van der Waals surface area contributed by atoms with Crippen LogP contribution < -0.4 is 4.74 Å². The van der Waals surface area contributed by atoms with E-state index in [0.717, 1.165) is 21.3 Å². The first-order chi connectivity index (χ1) is 7.02. The third kappa shape index (κ3) is 2.55. The van der Waals surface area contributed by atoms with Crippen LogP contribution in [0.3, 0.4) is 0 Å². The minimum atomic E-state index is -0.0726. The maximum Gasteiger partial charge on any atom is 0.134 e. The van der Waals surface area contributed by atoms with Gasteiger partial charge >= 0.3 is 0 Å². The summed E-state index contributed by atoms with van der Waals surface area (Å²) < 4.78 is 13.0. The Labute approximate surface area is 106 Å². The molecule has 0 radical (unpaired) electrons. The van der Waals surface area contributed by atoms with Crippen molar-refractivity contribution in [3.05, 3.63) is 26.6 Å². The molecule has 0 saturated carbocycles.